The van der Waals surface area contributed by atoms with Crippen LogP contribution in [0, 0.1) is 0 Å². The lowest BCUT2D eigenvalue weighted by Crippen LogP contribution is -1.76. The van der Waals surface area contributed by atoms with Crippen LogP contribution in [0.1, 0.15) is 15.2 Å². The predicted octanol–water partition coefficient (Wildman–Crippen LogP) is 2.98. The van der Waals surface area contributed by atoms with E-state index >= 15 is 0 Å². The minimum absolute atomic E-state index is 0.809. The van der Waals surface area contributed by atoms with Crippen molar-refractivity contribution in [1.29, 1.82) is 0 Å². The maximum Gasteiger partial charge on any atom is 0.160 e. The van der Waals surface area contributed by atoms with E-state index in [-0.39, 0.29) is 0 Å². The van der Waals surface area contributed by atoms with Crippen LogP contribution in [0.15, 0.2) is 24.1 Å². The standard InChI is InChI=1S/C9H10OS2/c1-2-3-11-6-8-4-9(5-10)12-7-8/h2,4-5,7H,1,3,6H2. The van der Waals surface area contributed by atoms with Gasteiger partial charge in [0.15, 0.2) is 6.29 Å². The molecule has 0 aliphatic rings. The molecule has 0 spiro atoms. The summed E-state index contributed by atoms with van der Waals surface area (Å²) >= 11 is 3.30. The molecular weight excluding hydrogens is 188 g/mol. The molecule has 0 N–H and O–H groups in total. The Morgan fingerprint density at radius 1 is 1.67 bits per heavy atom. The number of thioether (sulfide) groups is 1. The molecule has 0 atom stereocenters. The van der Waals surface area contributed by atoms with Crippen molar-refractivity contribution < 1.29 is 4.79 Å². The van der Waals surface area contributed by atoms with E-state index in [0.717, 1.165) is 22.7 Å². The Morgan fingerprint density at radius 2 is 2.50 bits per heavy atom. The van der Waals surface area contributed by atoms with Crippen molar-refractivity contribution in [3.8, 4) is 0 Å². The summed E-state index contributed by atoms with van der Waals surface area (Å²) < 4.78 is 0. The van der Waals surface area contributed by atoms with Crippen LogP contribution in [0.2, 0.25) is 0 Å². The third-order valence-corrected chi connectivity index (χ3v) is 3.21. The second-order valence-corrected chi connectivity index (χ2v) is 4.25. The van der Waals surface area contributed by atoms with E-state index in [0.29, 0.717) is 0 Å². The molecule has 1 aromatic rings. The smallest absolute Gasteiger partial charge is 0.160 e. The Balaban J connectivity index is 2.41. The maximum atomic E-state index is 10.3. The largest absolute Gasteiger partial charge is 0.297 e. The summed E-state index contributed by atoms with van der Waals surface area (Å²) in [6.07, 6.45) is 2.78. The molecule has 0 amide bonds. The molecule has 0 saturated heterocycles. The van der Waals surface area contributed by atoms with E-state index in [2.05, 4.69) is 6.58 Å². The lowest BCUT2D eigenvalue weighted by Gasteiger charge is -1.92. The van der Waals surface area contributed by atoms with Crippen LogP contribution in [-0.4, -0.2) is 12.0 Å². The molecule has 12 heavy (non-hydrogen) atoms. The fraction of sp³-hybridized carbons (Fsp3) is 0.222. The van der Waals surface area contributed by atoms with Gasteiger partial charge in [-0.1, -0.05) is 6.08 Å². The van der Waals surface area contributed by atoms with Gasteiger partial charge in [0.25, 0.3) is 0 Å². The van der Waals surface area contributed by atoms with Crippen molar-refractivity contribution in [3.63, 3.8) is 0 Å². The zero-order valence-corrected chi connectivity index (χ0v) is 8.29. The number of carbonyl (C=O) groups is 1. The van der Waals surface area contributed by atoms with E-state index in [1.807, 2.05) is 17.5 Å². The number of rotatable bonds is 5. The lowest BCUT2D eigenvalue weighted by atomic mass is 10.3. The highest BCUT2D eigenvalue weighted by atomic mass is 32.2. The molecule has 0 bridgehead atoms. The van der Waals surface area contributed by atoms with Gasteiger partial charge in [0.05, 0.1) is 4.88 Å². The molecule has 0 unspecified atom stereocenters. The Labute approximate surface area is 80.5 Å². The van der Waals surface area contributed by atoms with Gasteiger partial charge in [0.2, 0.25) is 0 Å². The van der Waals surface area contributed by atoms with Gasteiger partial charge in [-0.05, 0) is 17.0 Å². The van der Waals surface area contributed by atoms with Crippen molar-refractivity contribution in [3.05, 3.63) is 34.5 Å². The van der Waals surface area contributed by atoms with E-state index in [4.69, 9.17) is 0 Å². The summed E-state index contributed by atoms with van der Waals surface area (Å²) in [5.74, 6) is 1.93. The van der Waals surface area contributed by atoms with E-state index in [1.165, 1.54) is 16.9 Å². The monoisotopic (exact) mass is 198 g/mol. The van der Waals surface area contributed by atoms with E-state index in [9.17, 15) is 4.79 Å². The van der Waals surface area contributed by atoms with Crippen LogP contribution in [0.25, 0.3) is 0 Å². The van der Waals surface area contributed by atoms with Gasteiger partial charge in [0.1, 0.15) is 0 Å². The van der Waals surface area contributed by atoms with Gasteiger partial charge in [-0.25, -0.2) is 0 Å². The SMILES string of the molecule is C=CCSCc1csc(C=O)c1. The number of carbonyl (C=O) groups excluding carboxylic acids is 1. The van der Waals surface area contributed by atoms with Gasteiger partial charge < -0.3 is 0 Å². The molecule has 0 saturated carbocycles. The lowest BCUT2D eigenvalue weighted by molar-refractivity contribution is 0.112. The summed E-state index contributed by atoms with van der Waals surface area (Å²) in [6.45, 7) is 3.64. The molecule has 64 valence electrons. The first-order chi connectivity index (χ1) is 5.86. The second kappa shape index (κ2) is 5.17. The van der Waals surface area contributed by atoms with Crippen molar-refractivity contribution >= 4 is 29.4 Å². The highest BCUT2D eigenvalue weighted by Gasteiger charge is 1.97. The van der Waals surface area contributed by atoms with E-state index < -0.39 is 0 Å². The molecule has 3 heteroatoms. The number of aldehydes is 1. The first-order valence-corrected chi connectivity index (χ1v) is 5.61. The Hall–Kier alpha value is -0.540. The molecule has 0 aliphatic heterocycles. The molecule has 1 rings (SSSR count). The summed E-state index contributed by atoms with van der Waals surface area (Å²) in [5.41, 5.74) is 1.23. The summed E-state index contributed by atoms with van der Waals surface area (Å²) in [7, 11) is 0. The van der Waals surface area contributed by atoms with Crippen LogP contribution in [0.5, 0.6) is 0 Å². The van der Waals surface area contributed by atoms with Gasteiger partial charge in [-0.2, -0.15) is 11.8 Å². The molecule has 0 aromatic carbocycles. The topological polar surface area (TPSA) is 17.1 Å². The zero-order chi connectivity index (χ0) is 8.81. The van der Waals surface area contributed by atoms with Crippen LogP contribution in [0.4, 0.5) is 0 Å². The third-order valence-electron chi connectivity index (χ3n) is 1.29. The molecule has 0 fully saturated rings. The summed E-state index contributed by atoms with van der Waals surface area (Å²) in [4.78, 5) is 11.1. The Bertz CT molecular complexity index is 265. The summed E-state index contributed by atoms with van der Waals surface area (Å²) in [5, 5.41) is 2.03. The minimum atomic E-state index is 0.809. The fourth-order valence-electron chi connectivity index (χ4n) is 0.792. The molecule has 1 aromatic heterocycles. The molecule has 1 nitrogen and oxygen atoms in total. The van der Waals surface area contributed by atoms with Gasteiger partial charge in [0, 0.05) is 11.5 Å². The minimum Gasteiger partial charge on any atom is -0.297 e. The normalized spacial score (nSPS) is 9.67. The molecule has 1 heterocycles. The van der Waals surface area contributed by atoms with Crippen LogP contribution in [0.3, 0.4) is 0 Å². The number of thiophene rings is 1. The molecule has 0 radical (unpaired) electrons. The average Bonchev–Trinajstić information content (AvgIpc) is 2.53. The summed E-state index contributed by atoms with van der Waals surface area (Å²) in [6, 6.07) is 1.94. The highest BCUT2D eigenvalue weighted by Crippen LogP contribution is 2.18. The second-order valence-electron chi connectivity index (χ2n) is 2.28. The average molecular weight is 198 g/mol. The quantitative estimate of drug-likeness (QED) is 0.411. The maximum absolute atomic E-state index is 10.3. The highest BCUT2D eigenvalue weighted by molar-refractivity contribution is 7.98. The van der Waals surface area contributed by atoms with Crippen molar-refractivity contribution in [2.24, 2.45) is 0 Å². The van der Waals surface area contributed by atoms with Crippen LogP contribution < -0.4 is 0 Å². The van der Waals surface area contributed by atoms with Gasteiger partial charge in [-0.3, -0.25) is 4.79 Å². The zero-order valence-electron chi connectivity index (χ0n) is 6.66. The van der Waals surface area contributed by atoms with Crippen LogP contribution in [-0.2, 0) is 5.75 Å². The predicted molar refractivity (Wildman–Crippen MR) is 56.1 cm³/mol. The van der Waals surface area contributed by atoms with Gasteiger partial charge in [-0.15, -0.1) is 17.9 Å². The Morgan fingerprint density at radius 3 is 3.08 bits per heavy atom. The number of hydrogen-bond donors (Lipinski definition) is 0. The van der Waals surface area contributed by atoms with Crippen molar-refractivity contribution in [1.82, 2.24) is 0 Å². The van der Waals surface area contributed by atoms with Crippen molar-refractivity contribution in [2.75, 3.05) is 5.75 Å². The molecule has 0 aliphatic carbocycles. The first-order valence-electron chi connectivity index (χ1n) is 3.58. The fourth-order valence-corrected chi connectivity index (χ4v) is 2.30. The van der Waals surface area contributed by atoms with E-state index in [1.54, 1.807) is 11.8 Å². The Kier molecular flexibility index (Phi) is 4.11. The third kappa shape index (κ3) is 2.83. The molecular formula is C9H10OS2. The van der Waals surface area contributed by atoms with Crippen LogP contribution >= 0.6 is 23.1 Å². The van der Waals surface area contributed by atoms with Crippen molar-refractivity contribution in [2.45, 2.75) is 5.75 Å². The number of hydrogen-bond acceptors (Lipinski definition) is 3. The van der Waals surface area contributed by atoms with Gasteiger partial charge >= 0.3 is 0 Å². The first kappa shape index (κ1) is 9.55.